The molecule has 0 atom stereocenters. The van der Waals surface area contributed by atoms with Gasteiger partial charge in [-0.25, -0.2) is 0 Å². The van der Waals surface area contributed by atoms with Gasteiger partial charge in [-0.3, -0.25) is 9.89 Å². The van der Waals surface area contributed by atoms with Crippen LogP contribution in [0.2, 0.25) is 0 Å². The summed E-state index contributed by atoms with van der Waals surface area (Å²) in [6.07, 6.45) is 0. The van der Waals surface area contributed by atoms with E-state index in [-0.39, 0.29) is 5.56 Å². The maximum Gasteiger partial charge on any atom is 0.248 e. The Balaban J connectivity index is 2.60. The molecule has 5 nitrogen and oxygen atoms in total. The largest absolute Gasteiger partial charge is 0.382 e. The van der Waals surface area contributed by atoms with Crippen LogP contribution in [-0.2, 0) is 0 Å². The first kappa shape index (κ1) is 8.55. The van der Waals surface area contributed by atoms with Crippen molar-refractivity contribution in [3.05, 3.63) is 34.1 Å². The number of nitrogen functional groups attached to an aromatic ring is 1. The zero-order valence-electron chi connectivity index (χ0n) is 7.66. The second-order valence-electron chi connectivity index (χ2n) is 3.04. The second kappa shape index (κ2) is 3.02. The van der Waals surface area contributed by atoms with Gasteiger partial charge < -0.3 is 10.7 Å². The molecule has 5 heteroatoms. The lowest BCUT2D eigenvalue weighted by atomic mass is 10.2. The maximum atomic E-state index is 11.1. The van der Waals surface area contributed by atoms with E-state index in [9.17, 15) is 4.79 Å². The number of nitrogens with two attached hydrogens (primary N) is 1. The van der Waals surface area contributed by atoms with Crippen molar-refractivity contribution in [3.8, 4) is 11.4 Å². The Kier molecular flexibility index (Phi) is 1.85. The van der Waals surface area contributed by atoms with E-state index in [1.54, 1.807) is 12.1 Å². The molecule has 0 amide bonds. The molecule has 4 N–H and O–H groups in total. The SMILES string of the molecule is Cc1c(N)n[nH]c1-c1cccc(=O)[nH]1. The van der Waals surface area contributed by atoms with Crippen molar-refractivity contribution in [2.24, 2.45) is 0 Å². The number of aromatic nitrogens is 3. The van der Waals surface area contributed by atoms with E-state index >= 15 is 0 Å². The van der Waals surface area contributed by atoms with E-state index < -0.39 is 0 Å². The van der Waals surface area contributed by atoms with E-state index in [2.05, 4.69) is 15.2 Å². The van der Waals surface area contributed by atoms with Crippen LogP contribution in [0.15, 0.2) is 23.0 Å². The van der Waals surface area contributed by atoms with Gasteiger partial charge in [0.25, 0.3) is 0 Å². The van der Waals surface area contributed by atoms with Crippen molar-refractivity contribution >= 4 is 5.82 Å². The number of nitrogens with zero attached hydrogens (tertiary/aromatic N) is 1. The molecule has 14 heavy (non-hydrogen) atoms. The summed E-state index contributed by atoms with van der Waals surface area (Å²) in [6.45, 7) is 1.85. The topological polar surface area (TPSA) is 87.6 Å². The van der Waals surface area contributed by atoms with Crippen LogP contribution in [0, 0.1) is 6.92 Å². The molecule has 0 saturated carbocycles. The minimum Gasteiger partial charge on any atom is -0.382 e. The van der Waals surface area contributed by atoms with Crippen LogP contribution in [-0.4, -0.2) is 15.2 Å². The monoisotopic (exact) mass is 190 g/mol. The number of rotatable bonds is 1. The lowest BCUT2D eigenvalue weighted by Crippen LogP contribution is -2.04. The summed E-state index contributed by atoms with van der Waals surface area (Å²) in [5.41, 5.74) is 7.72. The predicted molar refractivity (Wildman–Crippen MR) is 53.8 cm³/mol. The highest BCUT2D eigenvalue weighted by Gasteiger charge is 2.07. The van der Waals surface area contributed by atoms with Crippen LogP contribution in [0.25, 0.3) is 11.4 Å². The lowest BCUT2D eigenvalue weighted by Gasteiger charge is -1.97. The molecule has 0 radical (unpaired) electrons. The average molecular weight is 190 g/mol. The molecule has 0 aliphatic heterocycles. The quantitative estimate of drug-likeness (QED) is 0.617. The lowest BCUT2D eigenvalue weighted by molar-refractivity contribution is 1.09. The molecule has 0 unspecified atom stereocenters. The Labute approximate surface area is 80.0 Å². The first-order valence-electron chi connectivity index (χ1n) is 4.18. The summed E-state index contributed by atoms with van der Waals surface area (Å²) in [7, 11) is 0. The van der Waals surface area contributed by atoms with Crippen LogP contribution in [0.4, 0.5) is 5.82 Å². The predicted octanol–water partition coefficient (Wildman–Crippen LogP) is 0.656. The summed E-state index contributed by atoms with van der Waals surface area (Å²) in [5.74, 6) is 0.449. The molecule has 2 rings (SSSR count). The number of nitrogens with one attached hydrogen (secondary N) is 2. The van der Waals surface area contributed by atoms with Crippen LogP contribution in [0.5, 0.6) is 0 Å². The third kappa shape index (κ3) is 1.28. The Morgan fingerprint density at radius 2 is 2.21 bits per heavy atom. The van der Waals surface area contributed by atoms with Crippen LogP contribution < -0.4 is 11.3 Å². The normalized spacial score (nSPS) is 10.4. The van der Waals surface area contributed by atoms with Crippen LogP contribution in [0.3, 0.4) is 0 Å². The number of pyridine rings is 1. The number of hydrogen-bond donors (Lipinski definition) is 3. The van der Waals surface area contributed by atoms with Gasteiger partial charge in [-0.05, 0) is 13.0 Å². The number of anilines is 1. The Hall–Kier alpha value is -2.04. The summed E-state index contributed by atoms with van der Waals surface area (Å²) >= 11 is 0. The summed E-state index contributed by atoms with van der Waals surface area (Å²) in [4.78, 5) is 13.8. The van der Waals surface area contributed by atoms with Gasteiger partial charge >= 0.3 is 0 Å². The molecule has 0 fully saturated rings. The van der Waals surface area contributed by atoms with Crippen LogP contribution in [0.1, 0.15) is 5.56 Å². The van der Waals surface area contributed by atoms with Crippen molar-refractivity contribution in [2.45, 2.75) is 6.92 Å². The molecule has 2 aromatic heterocycles. The van der Waals surface area contributed by atoms with E-state index in [0.29, 0.717) is 11.5 Å². The van der Waals surface area contributed by atoms with Crippen LogP contribution >= 0.6 is 0 Å². The fourth-order valence-corrected chi connectivity index (χ4v) is 1.27. The maximum absolute atomic E-state index is 11.1. The molecular formula is C9H10N4O. The number of H-pyrrole nitrogens is 2. The molecule has 2 heterocycles. The first-order chi connectivity index (χ1) is 6.68. The van der Waals surface area contributed by atoms with Gasteiger partial charge in [0.05, 0.1) is 11.4 Å². The highest BCUT2D eigenvalue weighted by atomic mass is 16.1. The van der Waals surface area contributed by atoms with Gasteiger partial charge in [0.2, 0.25) is 5.56 Å². The molecular weight excluding hydrogens is 180 g/mol. The van der Waals surface area contributed by atoms with Gasteiger partial charge in [0.1, 0.15) is 5.82 Å². The Bertz CT molecular complexity index is 512. The molecule has 0 bridgehead atoms. The zero-order valence-corrected chi connectivity index (χ0v) is 7.66. The van der Waals surface area contributed by atoms with Gasteiger partial charge in [0, 0.05) is 11.6 Å². The van der Waals surface area contributed by atoms with Crippen molar-refractivity contribution in [2.75, 3.05) is 5.73 Å². The average Bonchev–Trinajstić information content (AvgIpc) is 2.48. The fraction of sp³-hybridized carbons (Fsp3) is 0.111. The highest BCUT2D eigenvalue weighted by molar-refractivity contribution is 5.63. The molecule has 0 spiro atoms. The molecule has 0 aromatic carbocycles. The standard InChI is InChI=1S/C9H10N4O/c1-5-8(12-13-9(5)10)6-3-2-4-7(14)11-6/h2-4H,1H3,(H,11,14)(H3,10,12,13). The van der Waals surface area contributed by atoms with Crippen molar-refractivity contribution in [1.82, 2.24) is 15.2 Å². The van der Waals surface area contributed by atoms with Crippen molar-refractivity contribution < 1.29 is 0 Å². The minimum absolute atomic E-state index is 0.143. The van der Waals surface area contributed by atoms with E-state index in [0.717, 1.165) is 11.3 Å². The first-order valence-corrected chi connectivity index (χ1v) is 4.18. The number of hydrogen-bond acceptors (Lipinski definition) is 3. The van der Waals surface area contributed by atoms with E-state index in [1.807, 2.05) is 6.92 Å². The summed E-state index contributed by atoms with van der Waals surface area (Å²) in [6, 6.07) is 4.94. The highest BCUT2D eigenvalue weighted by Crippen LogP contribution is 2.20. The smallest absolute Gasteiger partial charge is 0.248 e. The zero-order chi connectivity index (χ0) is 10.1. The molecule has 2 aromatic rings. The van der Waals surface area contributed by atoms with Gasteiger partial charge in [-0.15, -0.1) is 0 Å². The van der Waals surface area contributed by atoms with Crippen molar-refractivity contribution in [1.29, 1.82) is 0 Å². The molecule has 0 saturated heterocycles. The minimum atomic E-state index is -0.143. The Morgan fingerprint density at radius 1 is 1.43 bits per heavy atom. The van der Waals surface area contributed by atoms with E-state index in [4.69, 9.17) is 5.73 Å². The molecule has 0 aliphatic carbocycles. The summed E-state index contributed by atoms with van der Waals surface area (Å²) in [5, 5.41) is 6.63. The van der Waals surface area contributed by atoms with Gasteiger partial charge in [-0.2, -0.15) is 5.10 Å². The van der Waals surface area contributed by atoms with E-state index in [1.165, 1.54) is 6.07 Å². The van der Waals surface area contributed by atoms with Gasteiger partial charge in [0.15, 0.2) is 0 Å². The third-order valence-corrected chi connectivity index (χ3v) is 2.09. The number of aromatic amines is 2. The second-order valence-corrected chi connectivity index (χ2v) is 3.04. The Morgan fingerprint density at radius 3 is 2.79 bits per heavy atom. The van der Waals surface area contributed by atoms with Gasteiger partial charge in [-0.1, -0.05) is 6.07 Å². The third-order valence-electron chi connectivity index (χ3n) is 2.09. The van der Waals surface area contributed by atoms with Crippen molar-refractivity contribution in [3.63, 3.8) is 0 Å². The molecule has 0 aliphatic rings. The molecule has 72 valence electrons. The fourth-order valence-electron chi connectivity index (χ4n) is 1.27. The summed E-state index contributed by atoms with van der Waals surface area (Å²) < 4.78 is 0.